The van der Waals surface area contributed by atoms with Gasteiger partial charge in [-0.2, -0.15) is 13.2 Å². The average molecular weight is 445 g/mol. The molecule has 1 aromatic rings. The second-order valence-corrected chi connectivity index (χ2v) is 9.39. The molecule has 0 saturated carbocycles. The predicted octanol–water partition coefficient (Wildman–Crippen LogP) is 5.38. The first-order chi connectivity index (χ1) is 13.9. The van der Waals surface area contributed by atoms with Gasteiger partial charge >= 0.3 is 19.4 Å². The fraction of sp³-hybridized carbons (Fsp3) is 0.571. The van der Waals surface area contributed by atoms with Gasteiger partial charge in [0.25, 0.3) is 0 Å². The highest BCUT2D eigenvalue weighted by molar-refractivity contribution is 6.56. The van der Waals surface area contributed by atoms with Crippen molar-refractivity contribution < 1.29 is 36.4 Å². The molecule has 1 aromatic carbocycles. The van der Waals surface area contributed by atoms with E-state index < -0.39 is 53.1 Å². The lowest BCUT2D eigenvalue weighted by atomic mass is 9.76. The predicted molar refractivity (Wildman–Crippen MR) is 110 cm³/mol. The van der Waals surface area contributed by atoms with Crippen LogP contribution in [0.3, 0.4) is 0 Å². The van der Waals surface area contributed by atoms with E-state index in [1.54, 1.807) is 48.5 Å². The molecular weight excluding hydrogens is 417 g/mol. The van der Waals surface area contributed by atoms with E-state index in [1.165, 1.54) is 0 Å². The van der Waals surface area contributed by atoms with Crippen molar-refractivity contribution in [2.45, 2.75) is 71.4 Å². The summed E-state index contributed by atoms with van der Waals surface area (Å²) in [6.07, 6.45) is -4.32. The van der Waals surface area contributed by atoms with Gasteiger partial charge in [0.05, 0.1) is 16.8 Å². The molecule has 1 N–H and O–H groups in total. The molecule has 0 aromatic heterocycles. The maximum atomic E-state index is 13.8. The van der Waals surface area contributed by atoms with Gasteiger partial charge in [0.2, 0.25) is 0 Å². The Morgan fingerprint density at radius 3 is 2.16 bits per heavy atom. The van der Waals surface area contributed by atoms with Gasteiger partial charge in [-0.25, -0.2) is 9.18 Å². The molecule has 1 fully saturated rings. The highest BCUT2D eigenvalue weighted by Crippen LogP contribution is 2.39. The van der Waals surface area contributed by atoms with Gasteiger partial charge in [0, 0.05) is 6.54 Å². The number of carbonyl (C=O) groups excluding carboxylic acids is 1. The van der Waals surface area contributed by atoms with Crippen LogP contribution in [0.1, 0.15) is 59.6 Å². The first kappa shape index (κ1) is 25.2. The molecule has 172 valence electrons. The quantitative estimate of drug-likeness (QED) is 0.499. The Kier molecular flexibility index (Phi) is 6.88. The molecular formula is C21H28BF4NO4. The number of hydrogen-bond acceptors (Lipinski definition) is 4. The molecule has 0 radical (unpaired) electrons. The first-order valence-electron chi connectivity index (χ1n) is 9.81. The van der Waals surface area contributed by atoms with Crippen LogP contribution in [0.15, 0.2) is 23.7 Å². The average Bonchev–Trinajstić information content (AvgIpc) is 2.76. The van der Waals surface area contributed by atoms with Crippen molar-refractivity contribution in [2.75, 3.05) is 6.54 Å². The second kappa shape index (κ2) is 8.46. The smallest absolute Gasteiger partial charge is 0.444 e. The SMILES string of the molecule is CC(C)(C)OC(=O)NCC(=Cc1cc(F)ccc1C(F)(F)F)B1OC(C)(C)C(C)(C)O1. The van der Waals surface area contributed by atoms with E-state index in [0.29, 0.717) is 6.07 Å². The number of rotatable bonds is 4. The van der Waals surface area contributed by atoms with Crippen LogP contribution < -0.4 is 5.32 Å². The molecule has 5 nitrogen and oxygen atoms in total. The number of carbonyl (C=O) groups is 1. The van der Waals surface area contributed by atoms with E-state index in [4.69, 9.17) is 14.0 Å². The Morgan fingerprint density at radius 2 is 1.68 bits per heavy atom. The molecule has 0 aliphatic carbocycles. The van der Waals surface area contributed by atoms with Crippen LogP contribution in [-0.2, 0) is 20.2 Å². The molecule has 1 heterocycles. The summed E-state index contributed by atoms with van der Waals surface area (Å²) in [5.74, 6) is -0.826. The largest absolute Gasteiger partial charge is 0.492 e. The standard InChI is InChI=1S/C21H28BF4NO4/c1-18(2,3)29-17(28)27-12-14(22-30-19(4,5)20(6,7)31-22)10-13-11-15(23)8-9-16(13)21(24,25)26/h8-11H,12H2,1-7H3,(H,27,28). The summed E-state index contributed by atoms with van der Waals surface area (Å²) >= 11 is 0. The Labute approximate surface area is 180 Å². The number of nitrogens with one attached hydrogen (secondary N) is 1. The van der Waals surface area contributed by atoms with Crippen LogP contribution in [0.5, 0.6) is 0 Å². The molecule has 0 atom stereocenters. The highest BCUT2D eigenvalue weighted by Gasteiger charge is 2.52. The fourth-order valence-corrected chi connectivity index (χ4v) is 2.80. The summed E-state index contributed by atoms with van der Waals surface area (Å²) in [7, 11) is -1.05. The van der Waals surface area contributed by atoms with Crippen molar-refractivity contribution in [3.63, 3.8) is 0 Å². The van der Waals surface area contributed by atoms with Crippen LogP contribution in [0, 0.1) is 5.82 Å². The van der Waals surface area contributed by atoms with Gasteiger partial charge in [0.15, 0.2) is 0 Å². The van der Waals surface area contributed by atoms with E-state index in [0.717, 1.165) is 18.2 Å². The number of alkyl carbamates (subject to hydrolysis) is 1. The van der Waals surface area contributed by atoms with Gasteiger partial charge in [-0.1, -0.05) is 6.08 Å². The number of alkyl halides is 3. The molecule has 31 heavy (non-hydrogen) atoms. The van der Waals surface area contributed by atoms with Gasteiger partial charge in [-0.05, 0) is 77.7 Å². The number of ether oxygens (including phenoxy) is 1. The van der Waals surface area contributed by atoms with E-state index in [-0.39, 0.29) is 12.0 Å². The maximum Gasteiger partial charge on any atom is 0.492 e. The Bertz CT molecular complexity index is 844. The minimum Gasteiger partial charge on any atom is -0.444 e. The van der Waals surface area contributed by atoms with Gasteiger partial charge < -0.3 is 19.4 Å². The van der Waals surface area contributed by atoms with Crippen molar-refractivity contribution in [3.8, 4) is 0 Å². The molecule has 0 bridgehead atoms. The highest BCUT2D eigenvalue weighted by atomic mass is 19.4. The third-order valence-electron chi connectivity index (χ3n) is 5.05. The van der Waals surface area contributed by atoms with Crippen LogP contribution in [0.4, 0.5) is 22.4 Å². The van der Waals surface area contributed by atoms with Crippen molar-refractivity contribution in [1.29, 1.82) is 0 Å². The topological polar surface area (TPSA) is 56.8 Å². The minimum atomic E-state index is -4.70. The van der Waals surface area contributed by atoms with Crippen molar-refractivity contribution in [1.82, 2.24) is 5.32 Å². The Morgan fingerprint density at radius 1 is 1.13 bits per heavy atom. The number of amides is 1. The summed E-state index contributed by atoms with van der Waals surface area (Å²) in [5, 5.41) is 2.50. The van der Waals surface area contributed by atoms with Crippen LogP contribution in [0.25, 0.3) is 6.08 Å². The normalized spacial score (nSPS) is 18.8. The third-order valence-corrected chi connectivity index (χ3v) is 5.05. The summed E-state index contributed by atoms with van der Waals surface area (Å²) < 4.78 is 71.2. The lowest BCUT2D eigenvalue weighted by Crippen LogP contribution is -2.41. The summed E-state index contributed by atoms with van der Waals surface area (Å²) in [6.45, 7) is 12.0. The molecule has 0 unspecified atom stereocenters. The van der Waals surface area contributed by atoms with E-state index in [1.807, 2.05) is 0 Å². The van der Waals surface area contributed by atoms with Gasteiger partial charge in [-0.15, -0.1) is 0 Å². The summed E-state index contributed by atoms with van der Waals surface area (Å²) in [6, 6.07) is 2.19. The van der Waals surface area contributed by atoms with E-state index >= 15 is 0 Å². The van der Waals surface area contributed by atoms with Crippen LogP contribution in [0.2, 0.25) is 0 Å². The fourth-order valence-electron chi connectivity index (χ4n) is 2.80. The molecule has 10 heteroatoms. The summed E-state index contributed by atoms with van der Waals surface area (Å²) in [5.41, 5.74) is -3.52. The van der Waals surface area contributed by atoms with Crippen molar-refractivity contribution in [2.24, 2.45) is 0 Å². The van der Waals surface area contributed by atoms with Crippen molar-refractivity contribution in [3.05, 3.63) is 40.6 Å². The monoisotopic (exact) mass is 445 g/mol. The molecule has 1 amide bonds. The number of hydrogen-bond donors (Lipinski definition) is 1. The zero-order valence-electron chi connectivity index (χ0n) is 18.7. The third kappa shape index (κ3) is 6.46. The lowest BCUT2D eigenvalue weighted by molar-refractivity contribution is -0.137. The van der Waals surface area contributed by atoms with E-state index in [9.17, 15) is 22.4 Å². The number of benzene rings is 1. The summed E-state index contributed by atoms with van der Waals surface area (Å²) in [4.78, 5) is 12.1. The van der Waals surface area contributed by atoms with E-state index in [2.05, 4.69) is 5.32 Å². The Hall–Kier alpha value is -2.07. The zero-order chi connectivity index (χ0) is 23.8. The second-order valence-electron chi connectivity index (χ2n) is 9.39. The first-order valence-corrected chi connectivity index (χ1v) is 9.81. The maximum absolute atomic E-state index is 13.8. The van der Waals surface area contributed by atoms with Crippen LogP contribution in [-0.4, -0.2) is 36.6 Å². The van der Waals surface area contributed by atoms with Crippen molar-refractivity contribution >= 4 is 19.3 Å². The molecule has 2 rings (SSSR count). The zero-order valence-corrected chi connectivity index (χ0v) is 18.7. The lowest BCUT2D eigenvalue weighted by Gasteiger charge is -2.32. The number of halogens is 4. The van der Waals surface area contributed by atoms with Crippen LogP contribution >= 0.6 is 0 Å². The Balaban J connectivity index is 2.44. The molecule has 1 aliphatic heterocycles. The van der Waals surface area contributed by atoms with Gasteiger partial charge in [0.1, 0.15) is 11.4 Å². The molecule has 0 spiro atoms. The minimum absolute atomic E-state index is 0.181. The molecule has 1 saturated heterocycles. The van der Waals surface area contributed by atoms with Gasteiger partial charge in [-0.3, -0.25) is 0 Å². The molecule has 1 aliphatic rings.